The van der Waals surface area contributed by atoms with Gasteiger partial charge in [-0.1, -0.05) is 19.1 Å². The lowest BCUT2D eigenvalue weighted by Crippen LogP contribution is -2.56. The monoisotopic (exact) mass is 416 g/mol. The molecule has 0 unspecified atom stereocenters. The summed E-state index contributed by atoms with van der Waals surface area (Å²) in [5.41, 5.74) is 3.13. The van der Waals surface area contributed by atoms with Crippen LogP contribution in [-0.4, -0.2) is 66.8 Å². The standard InChI is InChI=1S/C23H36N4O3/c1-4-12-24-22(28)27(20-10-15-30-16-11-20)19-8-13-26(14-9-19)23(29)25-21-7-5-6-17(2)18(21)3/h5-7,19-20H,4,8-16H2,1-3H3,(H,24,28)(H,25,29). The molecular weight excluding hydrogens is 380 g/mol. The number of hydrogen-bond acceptors (Lipinski definition) is 3. The summed E-state index contributed by atoms with van der Waals surface area (Å²) in [6.45, 7) is 9.55. The van der Waals surface area contributed by atoms with Crippen molar-refractivity contribution >= 4 is 17.7 Å². The predicted octanol–water partition coefficient (Wildman–Crippen LogP) is 3.90. The molecule has 3 rings (SSSR count). The number of nitrogens with zero attached hydrogens (tertiary/aromatic N) is 2. The maximum absolute atomic E-state index is 12.9. The van der Waals surface area contributed by atoms with Gasteiger partial charge in [-0.05, 0) is 63.1 Å². The van der Waals surface area contributed by atoms with Gasteiger partial charge in [-0.3, -0.25) is 0 Å². The number of rotatable bonds is 5. The van der Waals surface area contributed by atoms with Gasteiger partial charge >= 0.3 is 12.1 Å². The average molecular weight is 417 g/mol. The molecule has 0 bridgehead atoms. The van der Waals surface area contributed by atoms with Crippen LogP contribution in [0.5, 0.6) is 0 Å². The molecule has 0 saturated carbocycles. The van der Waals surface area contributed by atoms with Crippen molar-refractivity contribution in [2.75, 3.05) is 38.2 Å². The van der Waals surface area contributed by atoms with Crippen LogP contribution in [0.4, 0.5) is 15.3 Å². The Hall–Kier alpha value is -2.28. The maximum atomic E-state index is 12.9. The zero-order valence-electron chi connectivity index (χ0n) is 18.6. The number of ether oxygens (including phenoxy) is 1. The van der Waals surface area contributed by atoms with E-state index < -0.39 is 0 Å². The minimum Gasteiger partial charge on any atom is -0.381 e. The van der Waals surface area contributed by atoms with Crippen LogP contribution in [0.1, 0.15) is 50.2 Å². The van der Waals surface area contributed by atoms with Crippen molar-refractivity contribution in [3.8, 4) is 0 Å². The minimum atomic E-state index is -0.0600. The summed E-state index contributed by atoms with van der Waals surface area (Å²) >= 11 is 0. The lowest BCUT2D eigenvalue weighted by Gasteiger charge is -2.43. The largest absolute Gasteiger partial charge is 0.381 e. The van der Waals surface area contributed by atoms with E-state index in [0.717, 1.165) is 48.9 Å². The van der Waals surface area contributed by atoms with Gasteiger partial charge in [-0.15, -0.1) is 0 Å². The highest BCUT2D eigenvalue weighted by atomic mass is 16.5. The molecule has 0 aromatic heterocycles. The molecule has 30 heavy (non-hydrogen) atoms. The fourth-order valence-electron chi connectivity index (χ4n) is 4.34. The van der Waals surface area contributed by atoms with Crippen LogP contribution in [0.25, 0.3) is 0 Å². The third-order valence-corrected chi connectivity index (χ3v) is 6.34. The molecule has 4 amide bonds. The molecule has 2 aliphatic heterocycles. The van der Waals surface area contributed by atoms with E-state index in [4.69, 9.17) is 4.74 Å². The van der Waals surface area contributed by atoms with Crippen molar-refractivity contribution in [1.82, 2.24) is 15.1 Å². The molecule has 2 saturated heterocycles. The topological polar surface area (TPSA) is 73.9 Å². The summed E-state index contributed by atoms with van der Waals surface area (Å²) in [5.74, 6) is 0. The number of nitrogens with one attached hydrogen (secondary N) is 2. The summed E-state index contributed by atoms with van der Waals surface area (Å²) in [6, 6.07) is 6.30. The van der Waals surface area contributed by atoms with Crippen LogP contribution in [0, 0.1) is 13.8 Å². The van der Waals surface area contributed by atoms with Crippen molar-refractivity contribution in [2.45, 2.75) is 65.0 Å². The molecule has 0 spiro atoms. The summed E-state index contributed by atoms with van der Waals surface area (Å²) in [7, 11) is 0. The Morgan fingerprint density at radius 2 is 1.77 bits per heavy atom. The van der Waals surface area contributed by atoms with Crippen molar-refractivity contribution in [3.63, 3.8) is 0 Å². The summed E-state index contributed by atoms with van der Waals surface area (Å²) < 4.78 is 5.50. The molecule has 2 fully saturated rings. The normalized spacial score (nSPS) is 18.2. The Labute approximate surface area is 180 Å². The molecule has 7 nitrogen and oxygen atoms in total. The smallest absolute Gasteiger partial charge is 0.321 e. The SMILES string of the molecule is CCCNC(=O)N(C1CCOCC1)C1CCN(C(=O)Nc2cccc(C)c2C)CC1. The van der Waals surface area contributed by atoms with E-state index in [0.29, 0.717) is 32.8 Å². The number of aryl methyl sites for hydroxylation is 1. The first kappa shape index (κ1) is 22.4. The van der Waals surface area contributed by atoms with E-state index >= 15 is 0 Å². The molecule has 2 aliphatic rings. The molecular formula is C23H36N4O3. The molecule has 2 heterocycles. The molecule has 0 atom stereocenters. The zero-order valence-corrected chi connectivity index (χ0v) is 18.6. The van der Waals surface area contributed by atoms with Gasteiger partial charge in [0.25, 0.3) is 0 Å². The third-order valence-electron chi connectivity index (χ3n) is 6.34. The lowest BCUT2D eigenvalue weighted by atomic mass is 9.98. The molecule has 0 radical (unpaired) electrons. The van der Waals surface area contributed by atoms with Gasteiger partial charge in [0.05, 0.1) is 0 Å². The number of carbonyl (C=O) groups excluding carboxylic acids is 2. The van der Waals surface area contributed by atoms with Crippen molar-refractivity contribution in [1.29, 1.82) is 0 Å². The Kier molecular flexibility index (Phi) is 7.96. The predicted molar refractivity (Wildman–Crippen MR) is 119 cm³/mol. The van der Waals surface area contributed by atoms with Crippen LogP contribution >= 0.6 is 0 Å². The number of likely N-dealkylation sites (tertiary alicyclic amines) is 1. The van der Waals surface area contributed by atoms with Crippen LogP contribution < -0.4 is 10.6 Å². The summed E-state index contributed by atoms with van der Waals surface area (Å²) in [4.78, 5) is 29.6. The highest BCUT2D eigenvalue weighted by Crippen LogP contribution is 2.25. The Balaban J connectivity index is 1.60. The van der Waals surface area contributed by atoms with E-state index in [1.807, 2.05) is 36.9 Å². The highest BCUT2D eigenvalue weighted by molar-refractivity contribution is 5.90. The molecule has 1 aromatic rings. The van der Waals surface area contributed by atoms with Crippen LogP contribution in [0.15, 0.2) is 18.2 Å². The fraction of sp³-hybridized carbons (Fsp3) is 0.652. The second-order valence-electron chi connectivity index (χ2n) is 8.38. The molecule has 1 aromatic carbocycles. The third kappa shape index (κ3) is 5.45. The van der Waals surface area contributed by atoms with Crippen molar-refractivity contribution in [3.05, 3.63) is 29.3 Å². The quantitative estimate of drug-likeness (QED) is 0.764. The molecule has 166 valence electrons. The second-order valence-corrected chi connectivity index (χ2v) is 8.38. The van der Waals surface area contributed by atoms with Gasteiger partial charge < -0.3 is 25.2 Å². The number of hydrogen-bond donors (Lipinski definition) is 2. The van der Waals surface area contributed by atoms with Gasteiger partial charge in [0, 0.05) is 50.6 Å². The summed E-state index contributed by atoms with van der Waals surface area (Å²) in [6.07, 6.45) is 4.29. The number of piperidine rings is 1. The van der Waals surface area contributed by atoms with E-state index in [2.05, 4.69) is 22.5 Å². The molecule has 7 heteroatoms. The molecule has 0 aliphatic carbocycles. The van der Waals surface area contributed by atoms with E-state index in [1.165, 1.54) is 0 Å². The molecule has 2 N–H and O–H groups in total. The van der Waals surface area contributed by atoms with Gasteiger partial charge in [0.1, 0.15) is 0 Å². The number of benzene rings is 1. The van der Waals surface area contributed by atoms with E-state index in [1.54, 1.807) is 0 Å². The van der Waals surface area contributed by atoms with Crippen LogP contribution in [-0.2, 0) is 4.74 Å². The number of urea groups is 2. The first-order valence-electron chi connectivity index (χ1n) is 11.3. The lowest BCUT2D eigenvalue weighted by molar-refractivity contribution is 0.0239. The van der Waals surface area contributed by atoms with Crippen molar-refractivity contribution < 1.29 is 14.3 Å². The Morgan fingerprint density at radius 1 is 1.10 bits per heavy atom. The first-order chi connectivity index (χ1) is 14.5. The Morgan fingerprint density at radius 3 is 2.43 bits per heavy atom. The van der Waals surface area contributed by atoms with E-state index in [-0.39, 0.29) is 24.1 Å². The minimum absolute atomic E-state index is 0.0297. The number of carbonyl (C=O) groups is 2. The highest BCUT2D eigenvalue weighted by Gasteiger charge is 2.34. The van der Waals surface area contributed by atoms with Gasteiger partial charge in [0.15, 0.2) is 0 Å². The Bertz CT molecular complexity index is 725. The van der Waals surface area contributed by atoms with Gasteiger partial charge in [-0.2, -0.15) is 0 Å². The maximum Gasteiger partial charge on any atom is 0.321 e. The number of anilines is 1. The van der Waals surface area contributed by atoms with Gasteiger partial charge in [-0.25, -0.2) is 9.59 Å². The first-order valence-corrected chi connectivity index (χ1v) is 11.3. The van der Waals surface area contributed by atoms with Crippen LogP contribution in [0.3, 0.4) is 0 Å². The van der Waals surface area contributed by atoms with Gasteiger partial charge in [0.2, 0.25) is 0 Å². The van der Waals surface area contributed by atoms with Crippen LogP contribution in [0.2, 0.25) is 0 Å². The van der Waals surface area contributed by atoms with E-state index in [9.17, 15) is 9.59 Å². The number of amides is 4. The van der Waals surface area contributed by atoms with Crippen molar-refractivity contribution in [2.24, 2.45) is 0 Å². The summed E-state index contributed by atoms with van der Waals surface area (Å²) in [5, 5.41) is 6.11. The second kappa shape index (κ2) is 10.7. The average Bonchev–Trinajstić information content (AvgIpc) is 2.77. The fourth-order valence-corrected chi connectivity index (χ4v) is 4.34. The zero-order chi connectivity index (χ0) is 21.5.